The number of hydrogen-bond acceptors (Lipinski definition) is 3. The second-order valence-corrected chi connectivity index (χ2v) is 5.75. The van der Waals surface area contributed by atoms with Crippen LogP contribution in [-0.4, -0.2) is 10.2 Å². The van der Waals surface area contributed by atoms with Crippen molar-refractivity contribution < 1.29 is 0 Å². The summed E-state index contributed by atoms with van der Waals surface area (Å²) in [6.45, 7) is 1.93. The molecule has 0 radical (unpaired) electrons. The van der Waals surface area contributed by atoms with Gasteiger partial charge in [-0.2, -0.15) is 0 Å². The van der Waals surface area contributed by atoms with E-state index in [1.165, 1.54) is 11.1 Å². The molecule has 0 bridgehead atoms. The van der Waals surface area contributed by atoms with Gasteiger partial charge >= 0.3 is 0 Å². The van der Waals surface area contributed by atoms with Crippen molar-refractivity contribution in [3.8, 4) is 0 Å². The van der Waals surface area contributed by atoms with Crippen molar-refractivity contribution in [3.05, 3.63) is 45.4 Å². The van der Waals surface area contributed by atoms with Crippen molar-refractivity contribution in [2.45, 2.75) is 24.6 Å². The fourth-order valence-electron chi connectivity index (χ4n) is 2.03. The van der Waals surface area contributed by atoms with Crippen LogP contribution in [-0.2, 0) is 6.42 Å². The first-order valence-electron chi connectivity index (χ1n) is 5.31. The third kappa shape index (κ3) is 1.55. The molecule has 1 aliphatic rings. The number of nitrogens with zero attached hydrogens (tertiary/aromatic N) is 2. The maximum absolute atomic E-state index is 5.99. The molecule has 2 unspecified atom stereocenters. The van der Waals surface area contributed by atoms with E-state index in [4.69, 9.17) is 11.6 Å². The molecular formula is C12H11ClN2S. The fourth-order valence-corrected chi connectivity index (χ4v) is 3.10. The predicted molar refractivity (Wildman–Crippen MR) is 66.2 cm³/mol. The highest BCUT2D eigenvalue weighted by molar-refractivity contribution is 7.11. The molecule has 0 saturated carbocycles. The van der Waals surface area contributed by atoms with Gasteiger partial charge < -0.3 is 0 Å². The highest BCUT2D eigenvalue weighted by Gasteiger charge is 2.30. The summed E-state index contributed by atoms with van der Waals surface area (Å²) < 4.78 is 0. The zero-order valence-electron chi connectivity index (χ0n) is 8.85. The molecule has 0 N–H and O–H groups in total. The highest BCUT2D eigenvalue weighted by Crippen LogP contribution is 2.41. The van der Waals surface area contributed by atoms with Crippen molar-refractivity contribution >= 4 is 22.9 Å². The lowest BCUT2D eigenvalue weighted by Gasteiger charge is -2.27. The Bertz CT molecular complexity index is 521. The van der Waals surface area contributed by atoms with Crippen LogP contribution in [0.3, 0.4) is 0 Å². The predicted octanol–water partition coefficient (Wildman–Crippen LogP) is 3.53. The van der Waals surface area contributed by atoms with Gasteiger partial charge in [0.15, 0.2) is 0 Å². The van der Waals surface area contributed by atoms with E-state index < -0.39 is 0 Å². The lowest BCUT2D eigenvalue weighted by atomic mass is 9.78. The quantitative estimate of drug-likeness (QED) is 0.762. The van der Waals surface area contributed by atoms with E-state index >= 15 is 0 Å². The van der Waals surface area contributed by atoms with E-state index in [0.717, 1.165) is 16.4 Å². The van der Waals surface area contributed by atoms with Gasteiger partial charge in [0.05, 0.1) is 5.38 Å². The number of benzene rings is 1. The Morgan fingerprint density at radius 1 is 1.38 bits per heavy atom. The van der Waals surface area contributed by atoms with Gasteiger partial charge in [-0.15, -0.1) is 21.8 Å². The first-order valence-corrected chi connectivity index (χ1v) is 6.56. The molecule has 16 heavy (non-hydrogen) atoms. The van der Waals surface area contributed by atoms with Crippen LogP contribution in [0.4, 0.5) is 0 Å². The molecule has 0 fully saturated rings. The molecule has 1 aliphatic carbocycles. The minimum atomic E-state index is -0.0402. The molecule has 2 nitrogen and oxygen atoms in total. The van der Waals surface area contributed by atoms with Crippen molar-refractivity contribution in [2.75, 3.05) is 0 Å². The van der Waals surface area contributed by atoms with Crippen molar-refractivity contribution in [1.29, 1.82) is 0 Å². The highest BCUT2D eigenvalue weighted by atomic mass is 35.5. The summed E-state index contributed by atoms with van der Waals surface area (Å²) in [5.41, 5.74) is 2.83. The average molecular weight is 251 g/mol. The Morgan fingerprint density at radius 2 is 2.19 bits per heavy atom. The number of hydrogen-bond donors (Lipinski definition) is 0. The van der Waals surface area contributed by atoms with Gasteiger partial charge in [-0.3, -0.25) is 0 Å². The molecule has 82 valence electrons. The van der Waals surface area contributed by atoms with E-state index in [1.54, 1.807) is 11.3 Å². The summed E-state index contributed by atoms with van der Waals surface area (Å²) in [6.07, 6.45) is 1.08. The molecule has 0 saturated heterocycles. The Labute approximate surface area is 103 Å². The minimum absolute atomic E-state index is 0.0402. The van der Waals surface area contributed by atoms with Gasteiger partial charge in [-0.05, 0) is 24.5 Å². The van der Waals surface area contributed by atoms with Crippen molar-refractivity contribution in [2.24, 2.45) is 0 Å². The number of rotatable bonds is 2. The topological polar surface area (TPSA) is 25.8 Å². The van der Waals surface area contributed by atoms with Gasteiger partial charge in [-0.1, -0.05) is 35.6 Å². The molecule has 2 aromatic rings. The van der Waals surface area contributed by atoms with E-state index in [9.17, 15) is 0 Å². The molecule has 3 rings (SSSR count). The summed E-state index contributed by atoms with van der Waals surface area (Å²) >= 11 is 7.62. The second-order valence-electron chi connectivity index (χ2n) is 4.05. The zero-order chi connectivity index (χ0) is 11.1. The van der Waals surface area contributed by atoms with Crippen LogP contribution >= 0.6 is 22.9 Å². The van der Waals surface area contributed by atoms with Gasteiger partial charge in [0.1, 0.15) is 10.0 Å². The number of aromatic nitrogens is 2. The average Bonchev–Trinajstić information content (AvgIpc) is 2.69. The standard InChI is InChI=1S/C12H11ClN2S/c1-7(13)11-14-15-12(16-11)10-6-8-4-2-3-5-9(8)10/h2-5,7,10H,6H2,1H3. The molecular weight excluding hydrogens is 240 g/mol. The van der Waals surface area contributed by atoms with Crippen LogP contribution in [0.2, 0.25) is 0 Å². The third-order valence-corrected chi connectivity index (χ3v) is 4.50. The molecule has 0 aliphatic heterocycles. The Morgan fingerprint density at radius 3 is 2.88 bits per heavy atom. The van der Waals surface area contributed by atoms with Crippen LogP contribution in [0.5, 0.6) is 0 Å². The summed E-state index contributed by atoms with van der Waals surface area (Å²) in [7, 11) is 0. The van der Waals surface area contributed by atoms with Crippen molar-refractivity contribution in [3.63, 3.8) is 0 Å². The summed E-state index contributed by atoms with van der Waals surface area (Å²) in [4.78, 5) is 0. The normalized spacial score (nSPS) is 20.0. The molecule has 1 aromatic carbocycles. The Balaban J connectivity index is 1.91. The fraction of sp³-hybridized carbons (Fsp3) is 0.333. The molecule has 1 heterocycles. The first-order chi connectivity index (χ1) is 7.75. The lowest BCUT2D eigenvalue weighted by molar-refractivity contribution is 0.691. The number of alkyl halides is 1. The van der Waals surface area contributed by atoms with Crippen molar-refractivity contribution in [1.82, 2.24) is 10.2 Å². The summed E-state index contributed by atoms with van der Waals surface area (Å²) in [6, 6.07) is 8.52. The first kappa shape index (κ1) is 10.2. The van der Waals surface area contributed by atoms with E-state index in [0.29, 0.717) is 5.92 Å². The molecule has 0 amide bonds. The summed E-state index contributed by atoms with van der Waals surface area (Å²) in [5, 5.41) is 10.3. The third-order valence-electron chi connectivity index (χ3n) is 2.95. The van der Waals surface area contributed by atoms with Gasteiger partial charge in [0.2, 0.25) is 0 Å². The molecule has 2 atom stereocenters. The number of halogens is 1. The zero-order valence-corrected chi connectivity index (χ0v) is 10.4. The Hall–Kier alpha value is -0.930. The van der Waals surface area contributed by atoms with E-state index in [1.807, 2.05) is 6.92 Å². The summed E-state index contributed by atoms with van der Waals surface area (Å²) in [5.74, 6) is 0.442. The van der Waals surface area contributed by atoms with Crippen LogP contribution < -0.4 is 0 Å². The van der Waals surface area contributed by atoms with Crippen LogP contribution in [0.15, 0.2) is 24.3 Å². The van der Waals surface area contributed by atoms with E-state index in [2.05, 4.69) is 34.5 Å². The molecule has 1 aromatic heterocycles. The molecule has 0 spiro atoms. The second kappa shape index (κ2) is 3.82. The van der Waals surface area contributed by atoms with Crippen LogP contribution in [0.25, 0.3) is 0 Å². The maximum atomic E-state index is 5.99. The van der Waals surface area contributed by atoms with Crippen LogP contribution in [0, 0.1) is 0 Å². The van der Waals surface area contributed by atoms with Gasteiger partial charge in [0.25, 0.3) is 0 Å². The van der Waals surface area contributed by atoms with E-state index in [-0.39, 0.29) is 5.38 Å². The monoisotopic (exact) mass is 250 g/mol. The lowest BCUT2D eigenvalue weighted by Crippen LogP contribution is -2.17. The largest absolute Gasteiger partial charge is 0.143 e. The maximum Gasteiger partial charge on any atom is 0.135 e. The Kier molecular flexibility index (Phi) is 2.45. The molecule has 4 heteroatoms. The van der Waals surface area contributed by atoms with Gasteiger partial charge in [-0.25, -0.2) is 0 Å². The van der Waals surface area contributed by atoms with Crippen LogP contribution in [0.1, 0.15) is 39.4 Å². The minimum Gasteiger partial charge on any atom is -0.143 e. The van der Waals surface area contributed by atoms with Gasteiger partial charge in [0, 0.05) is 5.92 Å². The number of fused-ring (bicyclic) bond motifs is 1. The smallest absolute Gasteiger partial charge is 0.135 e. The SMILES string of the molecule is CC(Cl)c1nnc(C2Cc3ccccc32)s1.